The van der Waals surface area contributed by atoms with Gasteiger partial charge in [0.05, 0.1) is 0 Å². The van der Waals surface area contributed by atoms with Crippen LogP contribution in [0.4, 0.5) is 2.86 Å². The van der Waals surface area contributed by atoms with Crippen LogP contribution in [-0.2, 0) is 26.2 Å². The molecule has 0 unspecified atom stereocenters. The van der Waals surface area contributed by atoms with E-state index < -0.39 is 12.4 Å². The molecule has 592 valence electrons. The van der Waals surface area contributed by atoms with Crippen molar-refractivity contribution in [1.29, 1.82) is 0 Å². The molecule has 9 aromatic heterocycles. The topological polar surface area (TPSA) is 19.7 Å². The van der Waals surface area contributed by atoms with Crippen LogP contribution in [0.5, 0.6) is 0 Å². The molecule has 0 bridgehead atoms. The van der Waals surface area contributed by atoms with Crippen molar-refractivity contribution in [3.05, 3.63) is 231 Å². The van der Waals surface area contributed by atoms with Gasteiger partial charge in [-0.25, -0.2) is 0 Å². The third kappa shape index (κ3) is 18.7. The summed E-state index contributed by atoms with van der Waals surface area (Å²) in [7, 11) is 0. The van der Waals surface area contributed by atoms with Crippen molar-refractivity contribution < 1.29 is 2.86 Å². The minimum absolute atomic E-state index is 1.09. The van der Waals surface area contributed by atoms with E-state index in [2.05, 4.69) is 276 Å². The SMILES string of the molecule is CCCCCCCCn1c2ccccc2c2cc(-c3cc4cc5sc(-c6ccc7c(c6)c6ccccc6n7CCCCCCCC)cc5cc4s3)ccc21.CCCCCCCCn1c2ccccc2c2cc(-c3ccc(-c4ccc(-c5ccc(-c6ccc7c(c6)c6ccccc6n7CCCCCCCC)s5)s4)s3)ccc21.FI(I)I. The van der Waals surface area contributed by atoms with Crippen molar-refractivity contribution in [2.75, 3.05) is 0 Å². The molecule has 9 heterocycles. The zero-order valence-electron chi connectivity index (χ0n) is 67.1. The number of halogens is 4. The predicted molar refractivity (Wildman–Crippen MR) is 539 cm³/mol. The van der Waals surface area contributed by atoms with E-state index in [1.165, 1.54) is 323 Å². The van der Waals surface area contributed by atoms with E-state index in [-0.39, 0.29) is 0 Å². The summed E-state index contributed by atoms with van der Waals surface area (Å²) in [4.78, 5) is 10.7. The Bertz CT molecular complexity index is 5880. The molecule has 18 rings (SSSR count). The van der Waals surface area contributed by atoms with Gasteiger partial charge >= 0.3 is 52.5 Å². The van der Waals surface area contributed by atoms with E-state index in [0.717, 1.165) is 26.2 Å². The monoisotopic (exact) mass is 1950 g/mol. The number of rotatable bonds is 34. The Labute approximate surface area is 726 Å². The summed E-state index contributed by atoms with van der Waals surface area (Å²) >= 11 is 11.4. The molecule has 0 spiro atoms. The van der Waals surface area contributed by atoms with Crippen molar-refractivity contribution in [2.24, 2.45) is 0 Å². The van der Waals surface area contributed by atoms with E-state index in [0.29, 0.717) is 0 Å². The Morgan fingerprint density at radius 2 is 0.461 bits per heavy atom. The van der Waals surface area contributed by atoms with Gasteiger partial charge < -0.3 is 18.3 Å². The summed E-state index contributed by atoms with van der Waals surface area (Å²) < 4.78 is 24.1. The van der Waals surface area contributed by atoms with Crippen molar-refractivity contribution in [1.82, 2.24) is 18.3 Å². The summed E-state index contributed by atoms with van der Waals surface area (Å²) in [5, 5.41) is 13.6. The fourth-order valence-electron chi connectivity index (χ4n) is 17.7. The molecule has 13 heteroatoms. The summed E-state index contributed by atoms with van der Waals surface area (Å²) in [5.74, 6) is 0. The Kier molecular flexibility index (Phi) is 28.2. The number of nitrogens with zero attached hydrogens (tertiary/aromatic N) is 4. The van der Waals surface area contributed by atoms with Gasteiger partial charge in [0.1, 0.15) is 0 Å². The predicted octanol–water partition coefficient (Wildman–Crippen LogP) is 36.9. The van der Waals surface area contributed by atoms with Gasteiger partial charge in [0.25, 0.3) is 0 Å². The van der Waals surface area contributed by atoms with E-state index in [1.807, 2.05) is 93.9 Å². The molecule has 0 saturated carbocycles. The number of aryl methyl sites for hydroxylation is 4. The van der Waals surface area contributed by atoms with Crippen LogP contribution in [-0.4, -0.2) is 18.3 Å². The zero-order valence-corrected chi connectivity index (χ0v) is 77.6. The zero-order chi connectivity index (χ0) is 78.6. The molecular formula is C102H106FI3N4S5. The van der Waals surface area contributed by atoms with Crippen LogP contribution in [0.15, 0.2) is 231 Å². The molecule has 0 aliphatic rings. The number of unbranched alkanes of at least 4 members (excludes halogenated alkanes) is 20. The number of aromatic nitrogens is 4. The van der Waals surface area contributed by atoms with Crippen molar-refractivity contribution >= 4 is 214 Å². The number of hydrogen-bond donors (Lipinski definition) is 0. The molecular weight excluding hydrogens is 1840 g/mol. The van der Waals surface area contributed by atoms with Crippen molar-refractivity contribution in [3.63, 3.8) is 0 Å². The van der Waals surface area contributed by atoms with Crippen LogP contribution in [0.1, 0.15) is 182 Å². The molecule has 0 saturated heterocycles. The normalized spacial score (nSPS) is 12.0. The van der Waals surface area contributed by atoms with Crippen LogP contribution >= 0.6 is 106 Å². The summed E-state index contributed by atoms with van der Waals surface area (Å²) in [5.41, 5.74) is 16.2. The van der Waals surface area contributed by atoms with Crippen molar-refractivity contribution in [3.8, 4) is 61.3 Å². The molecule has 0 aliphatic carbocycles. The summed E-state index contributed by atoms with van der Waals surface area (Å²) in [6.07, 6.45) is 31.7. The van der Waals surface area contributed by atoms with Gasteiger partial charge in [0.2, 0.25) is 0 Å². The molecule has 0 radical (unpaired) electrons. The maximum atomic E-state index is 11.1. The number of benzene rings is 9. The first-order valence-electron chi connectivity index (χ1n) is 42.7. The number of hydrogen-bond acceptors (Lipinski definition) is 5. The van der Waals surface area contributed by atoms with Crippen LogP contribution in [0.25, 0.3) is 169 Å². The molecule has 115 heavy (non-hydrogen) atoms. The Hall–Kier alpha value is -6.68. The molecule has 0 amide bonds. The van der Waals surface area contributed by atoms with Gasteiger partial charge in [-0.2, -0.15) is 0 Å². The first-order chi connectivity index (χ1) is 56.6. The Morgan fingerprint density at radius 1 is 0.235 bits per heavy atom. The average Bonchev–Trinajstić information content (AvgIpc) is 1.61. The fourth-order valence-corrected chi connectivity index (χ4v) is 23.1. The van der Waals surface area contributed by atoms with Gasteiger partial charge in [-0.15, -0.1) is 56.7 Å². The van der Waals surface area contributed by atoms with Gasteiger partial charge in [-0.3, -0.25) is 0 Å². The molecule has 0 atom stereocenters. The number of para-hydroxylation sites is 4. The molecule has 0 N–H and O–H groups in total. The maximum absolute atomic E-state index is 11.1. The van der Waals surface area contributed by atoms with Gasteiger partial charge in [-0.1, -0.05) is 253 Å². The quantitative estimate of drug-likeness (QED) is 0.0283. The van der Waals surface area contributed by atoms with Crippen LogP contribution < -0.4 is 0 Å². The molecule has 4 nitrogen and oxygen atoms in total. The van der Waals surface area contributed by atoms with E-state index >= 15 is 0 Å². The molecule has 18 aromatic rings. The van der Waals surface area contributed by atoms with Gasteiger partial charge in [0, 0.05) is 162 Å². The van der Waals surface area contributed by atoms with E-state index in [9.17, 15) is 2.86 Å². The van der Waals surface area contributed by atoms with E-state index in [1.54, 1.807) is 0 Å². The molecule has 0 fully saturated rings. The Balaban J connectivity index is 0.000000165. The second-order valence-corrected chi connectivity index (χ2v) is 57.9. The first-order valence-corrected chi connectivity index (χ1v) is 60.1. The van der Waals surface area contributed by atoms with Gasteiger partial charge in [-0.05, 0) is 192 Å². The third-order valence-electron chi connectivity index (χ3n) is 23.6. The minimum atomic E-state index is -1.82. The van der Waals surface area contributed by atoms with Crippen molar-refractivity contribution in [2.45, 2.75) is 208 Å². The fraction of sp³-hybridized carbons (Fsp3) is 0.314. The second kappa shape index (κ2) is 39.5. The van der Waals surface area contributed by atoms with E-state index in [4.69, 9.17) is 0 Å². The first kappa shape index (κ1) is 82.0. The Morgan fingerprint density at radius 3 is 0.739 bits per heavy atom. The number of fused-ring (bicyclic) bond motifs is 14. The van der Waals surface area contributed by atoms with Crippen LogP contribution in [0.3, 0.4) is 0 Å². The number of thiophene rings is 5. The van der Waals surface area contributed by atoms with Crippen LogP contribution in [0.2, 0.25) is 0 Å². The third-order valence-corrected chi connectivity index (χ3v) is 29.7. The average molecular weight is 1950 g/mol. The standard InChI is InChI=1S/C52H54N2S3.C50H52N2S2.FI3/c1-3-5-7-9-11-17-33-53-43-21-15-13-19-39(43)41-35-37(23-25-45(41)53)47-27-29-49(55-47)51-31-32-52(57-51)50-30-28-48(56-50)38-24-26-46-42(36-38)40-20-14-16-22-44(40)54(46)34-18-12-10-8-6-4-2;1-3-5-7-9-11-17-27-51-43-21-15-13-19-39(43)41-29-35(23-25-45(41)51)47-31-37-33-50-38(34-49(37)53-47)32-48(54-50)36-24-26-46-42(30-36)40-20-14-16-22-44(40)52(46)28-18-12-10-8-6-4-2;1-4(2)3/h13-16,19-32,35-36H,3-12,17-18,33-34H2,1-2H3;13-16,19-26,29-34H,3-12,17-18,27-28H2,1-2H3;. The van der Waals surface area contributed by atoms with Gasteiger partial charge in [0.15, 0.2) is 0 Å². The van der Waals surface area contributed by atoms with Crippen LogP contribution in [0, 0.1) is 0 Å². The summed E-state index contributed by atoms with van der Waals surface area (Å²) in [6, 6.07) is 88.2. The molecule has 9 aromatic carbocycles. The molecule has 0 aliphatic heterocycles. The second-order valence-electron chi connectivity index (χ2n) is 31.5. The summed E-state index contributed by atoms with van der Waals surface area (Å²) in [6.45, 7) is 13.5.